The molecule has 0 unspecified atom stereocenters. The van der Waals surface area contributed by atoms with Gasteiger partial charge in [-0.15, -0.1) is 0 Å². The Hall–Kier alpha value is -3.31. The van der Waals surface area contributed by atoms with Gasteiger partial charge in [0.05, 0.1) is 29.2 Å². The molecule has 0 saturated heterocycles. The fourth-order valence-corrected chi connectivity index (χ4v) is 3.13. The zero-order valence-electron chi connectivity index (χ0n) is 15.2. The van der Waals surface area contributed by atoms with Crippen LogP contribution in [0.25, 0.3) is 16.9 Å². The van der Waals surface area contributed by atoms with Crippen LogP contribution in [0.1, 0.15) is 21.8 Å². The molecule has 0 bridgehead atoms. The van der Waals surface area contributed by atoms with Crippen LogP contribution in [0.4, 0.5) is 0 Å². The Balaban J connectivity index is 1.73. The van der Waals surface area contributed by atoms with E-state index in [-0.39, 0.29) is 5.91 Å². The van der Waals surface area contributed by atoms with Crippen LogP contribution in [-0.4, -0.2) is 15.7 Å². The fourth-order valence-electron chi connectivity index (χ4n) is 2.90. The van der Waals surface area contributed by atoms with Crippen molar-refractivity contribution in [3.05, 3.63) is 95.0 Å². The fraction of sp³-hybridized carbons (Fsp3) is 0.0909. The lowest BCUT2D eigenvalue weighted by atomic mass is 10.1. The van der Waals surface area contributed by atoms with Crippen LogP contribution in [0, 0.1) is 6.92 Å². The molecule has 2 aromatic carbocycles. The summed E-state index contributed by atoms with van der Waals surface area (Å²) in [6.45, 7) is 2.31. The first kappa shape index (κ1) is 18.1. The van der Waals surface area contributed by atoms with E-state index in [1.807, 2.05) is 55.5 Å². The van der Waals surface area contributed by atoms with Gasteiger partial charge >= 0.3 is 0 Å². The number of carbonyl (C=O) groups excluding carboxylic acids is 1. The zero-order valence-corrected chi connectivity index (χ0v) is 16.0. The minimum Gasteiger partial charge on any atom is -0.467 e. The first-order chi connectivity index (χ1) is 13.6. The monoisotopic (exact) mass is 391 g/mol. The summed E-state index contributed by atoms with van der Waals surface area (Å²) >= 11 is 6.33. The summed E-state index contributed by atoms with van der Waals surface area (Å²) in [4.78, 5) is 12.9. The lowest BCUT2D eigenvalue weighted by Crippen LogP contribution is -2.25. The molecule has 140 valence electrons. The highest BCUT2D eigenvalue weighted by molar-refractivity contribution is 6.33. The Labute approximate surface area is 167 Å². The van der Waals surface area contributed by atoms with E-state index in [1.54, 1.807) is 29.1 Å². The third kappa shape index (κ3) is 3.70. The van der Waals surface area contributed by atoms with Crippen molar-refractivity contribution in [1.82, 2.24) is 15.1 Å². The molecule has 2 heterocycles. The molecule has 0 aliphatic heterocycles. The lowest BCUT2D eigenvalue weighted by Gasteiger charge is -2.08. The maximum absolute atomic E-state index is 12.9. The van der Waals surface area contributed by atoms with Crippen molar-refractivity contribution in [2.24, 2.45) is 0 Å². The number of aryl methyl sites for hydroxylation is 1. The van der Waals surface area contributed by atoms with Crippen molar-refractivity contribution in [2.75, 3.05) is 0 Å². The number of benzene rings is 2. The number of nitrogens with one attached hydrogen (secondary N) is 1. The van der Waals surface area contributed by atoms with Crippen molar-refractivity contribution in [2.45, 2.75) is 13.5 Å². The number of amides is 1. The van der Waals surface area contributed by atoms with E-state index >= 15 is 0 Å². The third-order valence-corrected chi connectivity index (χ3v) is 4.70. The molecule has 1 N–H and O–H groups in total. The van der Waals surface area contributed by atoms with Crippen LogP contribution in [0.2, 0.25) is 5.02 Å². The smallest absolute Gasteiger partial charge is 0.270 e. The van der Waals surface area contributed by atoms with Crippen LogP contribution in [0.15, 0.2) is 77.4 Å². The van der Waals surface area contributed by atoms with Crippen LogP contribution in [0.3, 0.4) is 0 Å². The van der Waals surface area contributed by atoms with Gasteiger partial charge in [-0.25, -0.2) is 4.68 Å². The molecule has 0 atom stereocenters. The number of furan rings is 1. The topological polar surface area (TPSA) is 60.1 Å². The van der Waals surface area contributed by atoms with Crippen LogP contribution in [0.5, 0.6) is 0 Å². The predicted molar refractivity (Wildman–Crippen MR) is 109 cm³/mol. The van der Waals surface area contributed by atoms with E-state index in [0.29, 0.717) is 28.7 Å². The van der Waals surface area contributed by atoms with E-state index in [2.05, 4.69) is 10.4 Å². The Kier molecular flexibility index (Phi) is 5.00. The number of halogens is 1. The predicted octanol–water partition coefficient (Wildman–Crippen LogP) is 5.02. The number of nitrogens with zero attached hydrogens (tertiary/aromatic N) is 2. The molecular weight excluding hydrogens is 374 g/mol. The van der Waals surface area contributed by atoms with Gasteiger partial charge in [-0.2, -0.15) is 5.10 Å². The number of carbonyl (C=O) groups is 1. The molecule has 5 nitrogen and oxygen atoms in total. The first-order valence-electron chi connectivity index (χ1n) is 8.84. The SMILES string of the molecule is Cc1ccc(-n2nc(-c3ccccc3Cl)cc2C(=O)NCc2ccco2)cc1. The molecule has 28 heavy (non-hydrogen) atoms. The molecule has 0 radical (unpaired) electrons. The Bertz CT molecular complexity index is 1100. The second kappa shape index (κ2) is 7.74. The van der Waals surface area contributed by atoms with Crippen LogP contribution < -0.4 is 5.32 Å². The minimum atomic E-state index is -0.247. The number of hydrogen-bond acceptors (Lipinski definition) is 3. The van der Waals surface area contributed by atoms with E-state index in [0.717, 1.165) is 16.8 Å². The molecule has 0 aliphatic carbocycles. The molecule has 0 fully saturated rings. The highest BCUT2D eigenvalue weighted by Gasteiger charge is 2.19. The van der Waals surface area contributed by atoms with Gasteiger partial charge in [-0.1, -0.05) is 47.5 Å². The number of hydrogen-bond donors (Lipinski definition) is 1. The minimum absolute atomic E-state index is 0.247. The van der Waals surface area contributed by atoms with Crippen molar-refractivity contribution in [3.8, 4) is 16.9 Å². The van der Waals surface area contributed by atoms with Crippen molar-refractivity contribution >= 4 is 17.5 Å². The van der Waals surface area contributed by atoms with E-state index in [4.69, 9.17) is 16.0 Å². The zero-order chi connectivity index (χ0) is 19.5. The summed E-state index contributed by atoms with van der Waals surface area (Å²) < 4.78 is 6.92. The second-order valence-electron chi connectivity index (χ2n) is 6.40. The summed E-state index contributed by atoms with van der Waals surface area (Å²) in [5.74, 6) is 0.434. The summed E-state index contributed by atoms with van der Waals surface area (Å²) in [7, 11) is 0. The Morgan fingerprint density at radius 2 is 1.89 bits per heavy atom. The van der Waals surface area contributed by atoms with Gasteiger partial charge in [-0.05, 0) is 43.3 Å². The first-order valence-corrected chi connectivity index (χ1v) is 9.22. The third-order valence-electron chi connectivity index (χ3n) is 4.37. The molecule has 6 heteroatoms. The average molecular weight is 392 g/mol. The van der Waals surface area contributed by atoms with Gasteiger partial charge < -0.3 is 9.73 Å². The maximum atomic E-state index is 12.9. The van der Waals surface area contributed by atoms with E-state index in [9.17, 15) is 4.79 Å². The summed E-state index contributed by atoms with van der Waals surface area (Å²) in [5, 5.41) is 8.11. The van der Waals surface area contributed by atoms with Gasteiger partial charge in [0, 0.05) is 5.56 Å². The molecule has 4 rings (SSSR count). The van der Waals surface area contributed by atoms with Crippen molar-refractivity contribution < 1.29 is 9.21 Å². The Morgan fingerprint density at radius 1 is 1.11 bits per heavy atom. The summed E-state index contributed by atoms with van der Waals surface area (Å²) in [6.07, 6.45) is 1.58. The van der Waals surface area contributed by atoms with Gasteiger partial charge in [0.15, 0.2) is 0 Å². The van der Waals surface area contributed by atoms with Crippen LogP contribution >= 0.6 is 11.6 Å². The quantitative estimate of drug-likeness (QED) is 0.519. The van der Waals surface area contributed by atoms with Gasteiger partial charge in [0.1, 0.15) is 11.5 Å². The average Bonchev–Trinajstić information content (AvgIpc) is 3.37. The van der Waals surface area contributed by atoms with Gasteiger partial charge in [0.25, 0.3) is 5.91 Å². The van der Waals surface area contributed by atoms with Crippen molar-refractivity contribution in [1.29, 1.82) is 0 Å². The normalized spacial score (nSPS) is 10.8. The van der Waals surface area contributed by atoms with Crippen molar-refractivity contribution in [3.63, 3.8) is 0 Å². The standard InChI is InChI=1S/C22H18ClN3O2/c1-15-8-10-16(11-9-15)26-21(22(27)24-14-17-5-4-12-28-17)13-20(25-26)18-6-2-3-7-19(18)23/h2-13H,14H2,1H3,(H,24,27). The van der Waals surface area contributed by atoms with E-state index in [1.165, 1.54) is 0 Å². The van der Waals surface area contributed by atoms with Gasteiger partial charge in [-0.3, -0.25) is 4.79 Å². The van der Waals surface area contributed by atoms with Crippen LogP contribution in [-0.2, 0) is 6.54 Å². The highest BCUT2D eigenvalue weighted by atomic mass is 35.5. The molecule has 0 spiro atoms. The molecule has 0 aliphatic rings. The highest BCUT2D eigenvalue weighted by Crippen LogP contribution is 2.28. The molecule has 2 aromatic heterocycles. The van der Waals surface area contributed by atoms with E-state index < -0.39 is 0 Å². The summed E-state index contributed by atoms with van der Waals surface area (Å²) in [5.41, 5.74) is 3.76. The molecule has 4 aromatic rings. The molecular formula is C22H18ClN3O2. The molecule has 0 saturated carbocycles. The number of rotatable bonds is 5. The number of aromatic nitrogens is 2. The molecule has 1 amide bonds. The Morgan fingerprint density at radius 3 is 2.61 bits per heavy atom. The maximum Gasteiger partial charge on any atom is 0.270 e. The summed E-state index contributed by atoms with van der Waals surface area (Å²) in [6, 6.07) is 20.6. The van der Waals surface area contributed by atoms with Gasteiger partial charge in [0.2, 0.25) is 0 Å². The largest absolute Gasteiger partial charge is 0.467 e. The lowest BCUT2D eigenvalue weighted by molar-refractivity contribution is 0.0940. The second-order valence-corrected chi connectivity index (χ2v) is 6.81.